The molecule has 1 aliphatic carbocycles. The predicted molar refractivity (Wildman–Crippen MR) is 89.7 cm³/mol. The quantitative estimate of drug-likeness (QED) is 0.757. The van der Waals surface area contributed by atoms with Crippen molar-refractivity contribution in [3.05, 3.63) is 39.9 Å². The van der Waals surface area contributed by atoms with Crippen LogP contribution in [0.2, 0.25) is 10.0 Å². The van der Waals surface area contributed by atoms with Gasteiger partial charge in [-0.05, 0) is 31.1 Å². The number of rotatable bonds is 3. The van der Waals surface area contributed by atoms with E-state index < -0.39 is 0 Å². The Labute approximate surface area is 136 Å². The van der Waals surface area contributed by atoms with Crippen molar-refractivity contribution in [2.75, 3.05) is 0 Å². The molecule has 1 aliphatic rings. The normalized spacial score (nSPS) is 17.4. The number of hydrogen-bond donors (Lipinski definition) is 1. The second-order valence-corrected chi connectivity index (χ2v) is 6.33. The first-order chi connectivity index (χ1) is 10.2. The van der Waals surface area contributed by atoms with Gasteiger partial charge in [-0.2, -0.15) is 0 Å². The van der Waals surface area contributed by atoms with E-state index in [4.69, 9.17) is 23.2 Å². The average molecular weight is 326 g/mol. The van der Waals surface area contributed by atoms with Gasteiger partial charge in [0.25, 0.3) is 0 Å². The van der Waals surface area contributed by atoms with E-state index in [0.717, 1.165) is 12.8 Å². The minimum absolute atomic E-state index is 0.0726. The summed E-state index contributed by atoms with van der Waals surface area (Å²) in [4.78, 5) is 12.0. The van der Waals surface area contributed by atoms with Crippen molar-refractivity contribution in [1.29, 1.82) is 0 Å². The number of hydrogen-bond acceptors (Lipinski definition) is 1. The molecule has 0 aliphatic heterocycles. The highest BCUT2D eigenvalue weighted by molar-refractivity contribution is 6.37. The van der Waals surface area contributed by atoms with Crippen molar-refractivity contribution in [2.24, 2.45) is 0 Å². The van der Waals surface area contributed by atoms with Gasteiger partial charge in [0, 0.05) is 27.7 Å². The molecule has 2 nitrogen and oxygen atoms in total. The summed E-state index contributed by atoms with van der Waals surface area (Å²) < 4.78 is 0. The van der Waals surface area contributed by atoms with Crippen LogP contribution in [0.4, 0.5) is 0 Å². The highest BCUT2D eigenvalue weighted by Crippen LogP contribution is 2.25. The Hall–Kier alpha value is -0.990. The van der Waals surface area contributed by atoms with Gasteiger partial charge in [0.2, 0.25) is 5.91 Å². The fraction of sp³-hybridized carbons (Fsp3) is 0.471. The van der Waals surface area contributed by atoms with Crippen LogP contribution >= 0.6 is 23.2 Å². The summed E-state index contributed by atoms with van der Waals surface area (Å²) in [5.41, 5.74) is 0.689. The lowest BCUT2D eigenvalue weighted by molar-refractivity contribution is -0.117. The van der Waals surface area contributed by atoms with Crippen LogP contribution in [-0.4, -0.2) is 11.9 Å². The Morgan fingerprint density at radius 3 is 2.24 bits per heavy atom. The van der Waals surface area contributed by atoms with Crippen molar-refractivity contribution in [3.8, 4) is 0 Å². The summed E-state index contributed by atoms with van der Waals surface area (Å²) in [7, 11) is 0. The van der Waals surface area contributed by atoms with Gasteiger partial charge in [-0.15, -0.1) is 0 Å². The summed E-state index contributed by atoms with van der Waals surface area (Å²) in [6, 6.07) is 5.61. The molecule has 0 unspecified atom stereocenters. The SMILES string of the molecule is O=C(C=Cc1c(Cl)cccc1Cl)NC1CCCCCCC1. The van der Waals surface area contributed by atoms with Crippen LogP contribution in [0.3, 0.4) is 0 Å². The van der Waals surface area contributed by atoms with Gasteiger partial charge < -0.3 is 5.32 Å². The van der Waals surface area contributed by atoms with E-state index in [0.29, 0.717) is 21.7 Å². The predicted octanol–water partition coefficient (Wildman–Crippen LogP) is 5.24. The van der Waals surface area contributed by atoms with Gasteiger partial charge in [0.05, 0.1) is 0 Å². The van der Waals surface area contributed by atoms with Crippen LogP contribution in [0, 0.1) is 0 Å². The average Bonchev–Trinajstić information content (AvgIpc) is 2.41. The highest BCUT2D eigenvalue weighted by atomic mass is 35.5. The van der Waals surface area contributed by atoms with Crippen LogP contribution in [0.5, 0.6) is 0 Å². The topological polar surface area (TPSA) is 29.1 Å². The Morgan fingerprint density at radius 2 is 1.62 bits per heavy atom. The molecule has 114 valence electrons. The van der Waals surface area contributed by atoms with Crippen LogP contribution in [0.15, 0.2) is 24.3 Å². The van der Waals surface area contributed by atoms with E-state index in [1.807, 2.05) is 0 Å². The molecule has 0 spiro atoms. The fourth-order valence-corrected chi connectivity index (χ4v) is 3.20. The highest BCUT2D eigenvalue weighted by Gasteiger charge is 2.12. The molecule has 0 saturated heterocycles. The maximum Gasteiger partial charge on any atom is 0.244 e. The smallest absolute Gasteiger partial charge is 0.244 e. The summed E-state index contributed by atoms with van der Waals surface area (Å²) >= 11 is 12.2. The first-order valence-electron chi connectivity index (χ1n) is 7.59. The Kier molecular flexibility index (Phi) is 6.59. The standard InChI is InChI=1S/C17H21Cl2NO/c18-15-9-6-10-16(19)14(15)11-12-17(21)20-13-7-4-2-1-3-5-8-13/h6,9-13H,1-5,7-8H2,(H,20,21). The summed E-state index contributed by atoms with van der Waals surface area (Å²) in [6.45, 7) is 0. The van der Waals surface area contributed by atoms with Crippen LogP contribution in [-0.2, 0) is 4.79 Å². The summed E-state index contributed by atoms with van der Waals surface area (Å²) in [6.07, 6.45) is 11.6. The molecule has 0 aromatic heterocycles. The molecular weight excluding hydrogens is 305 g/mol. The maximum atomic E-state index is 12.0. The van der Waals surface area contributed by atoms with Crippen LogP contribution in [0.1, 0.15) is 50.5 Å². The van der Waals surface area contributed by atoms with Crippen molar-refractivity contribution in [1.82, 2.24) is 5.32 Å². The van der Waals surface area contributed by atoms with E-state index in [2.05, 4.69) is 5.32 Å². The first kappa shape index (κ1) is 16.4. The molecular formula is C17H21Cl2NO. The third-order valence-corrected chi connectivity index (χ3v) is 4.51. The van der Waals surface area contributed by atoms with Gasteiger partial charge in [0.15, 0.2) is 0 Å². The molecule has 2 rings (SSSR count). The van der Waals surface area contributed by atoms with Gasteiger partial charge in [-0.1, -0.05) is 61.4 Å². The second-order valence-electron chi connectivity index (χ2n) is 5.52. The molecule has 0 heterocycles. The van der Waals surface area contributed by atoms with Gasteiger partial charge >= 0.3 is 0 Å². The van der Waals surface area contributed by atoms with Gasteiger partial charge in [-0.25, -0.2) is 0 Å². The largest absolute Gasteiger partial charge is 0.350 e. The zero-order chi connectivity index (χ0) is 15.1. The zero-order valence-electron chi connectivity index (χ0n) is 12.1. The summed E-state index contributed by atoms with van der Waals surface area (Å²) in [5.74, 6) is -0.0726. The molecule has 0 radical (unpaired) electrons. The molecule has 21 heavy (non-hydrogen) atoms. The molecule has 1 fully saturated rings. The lowest BCUT2D eigenvalue weighted by Crippen LogP contribution is -2.34. The van der Waals surface area contributed by atoms with E-state index in [9.17, 15) is 4.79 Å². The van der Waals surface area contributed by atoms with E-state index in [-0.39, 0.29) is 5.91 Å². The molecule has 1 aromatic rings. The van der Waals surface area contributed by atoms with Gasteiger partial charge in [-0.3, -0.25) is 4.79 Å². The second kappa shape index (κ2) is 8.45. The molecule has 4 heteroatoms. The summed E-state index contributed by atoms with van der Waals surface area (Å²) in [5, 5.41) is 4.19. The third kappa shape index (κ3) is 5.37. The number of benzene rings is 1. The fourth-order valence-electron chi connectivity index (χ4n) is 2.68. The van der Waals surface area contributed by atoms with Crippen molar-refractivity contribution >= 4 is 35.2 Å². The lowest BCUT2D eigenvalue weighted by atomic mass is 9.97. The Morgan fingerprint density at radius 1 is 1.05 bits per heavy atom. The van der Waals surface area contributed by atoms with Crippen LogP contribution in [0.25, 0.3) is 6.08 Å². The molecule has 1 amide bonds. The molecule has 0 atom stereocenters. The lowest BCUT2D eigenvalue weighted by Gasteiger charge is -2.20. The van der Waals surface area contributed by atoms with E-state index in [1.54, 1.807) is 24.3 Å². The van der Waals surface area contributed by atoms with E-state index >= 15 is 0 Å². The Bertz CT molecular complexity index is 485. The molecule has 1 aromatic carbocycles. The zero-order valence-corrected chi connectivity index (χ0v) is 13.6. The Balaban J connectivity index is 1.92. The minimum atomic E-state index is -0.0726. The number of nitrogens with one attached hydrogen (secondary N) is 1. The van der Waals surface area contributed by atoms with Crippen molar-refractivity contribution in [3.63, 3.8) is 0 Å². The maximum absolute atomic E-state index is 12.0. The number of halogens is 2. The number of carbonyl (C=O) groups is 1. The monoisotopic (exact) mass is 325 g/mol. The van der Waals surface area contributed by atoms with Gasteiger partial charge in [0.1, 0.15) is 0 Å². The molecule has 0 bridgehead atoms. The molecule has 1 N–H and O–H groups in total. The van der Waals surface area contributed by atoms with Crippen molar-refractivity contribution < 1.29 is 4.79 Å². The minimum Gasteiger partial charge on any atom is -0.350 e. The van der Waals surface area contributed by atoms with E-state index in [1.165, 1.54) is 38.2 Å². The third-order valence-electron chi connectivity index (χ3n) is 3.85. The number of carbonyl (C=O) groups excluding carboxylic acids is 1. The van der Waals surface area contributed by atoms with Crippen molar-refractivity contribution in [2.45, 2.75) is 51.0 Å². The molecule has 1 saturated carbocycles. The van der Waals surface area contributed by atoms with Crippen LogP contribution < -0.4 is 5.32 Å². The number of amides is 1. The first-order valence-corrected chi connectivity index (χ1v) is 8.35.